The van der Waals surface area contributed by atoms with Gasteiger partial charge in [0.15, 0.2) is 0 Å². The number of benzene rings is 4. The van der Waals surface area contributed by atoms with Crippen LogP contribution >= 0.6 is 7.26 Å². The van der Waals surface area contributed by atoms with E-state index in [1.807, 2.05) is 18.2 Å². The summed E-state index contributed by atoms with van der Waals surface area (Å²) in [6, 6.07) is 37.4. The number of carbonyl (C=O) groups is 2. The van der Waals surface area contributed by atoms with Crippen LogP contribution in [0, 0.1) is 0 Å². The third-order valence-corrected chi connectivity index (χ3v) is 11.3. The fraction of sp³-hybridized carbons (Fsp3) is 0.125. The molecule has 0 bridgehead atoms. The van der Waals surface area contributed by atoms with E-state index in [0.29, 0.717) is 12.2 Å². The minimum absolute atomic E-state index is 0.00277. The van der Waals surface area contributed by atoms with Gasteiger partial charge in [-0.15, -0.1) is 0 Å². The number of rotatable bonds is 7. The van der Waals surface area contributed by atoms with E-state index in [0.717, 1.165) is 24.6 Å². The number of carboxylic acid groups (broad SMARTS) is 1. The molecule has 0 spiro atoms. The third-order valence-electron chi connectivity index (χ3n) is 6.81. The van der Waals surface area contributed by atoms with E-state index in [2.05, 4.69) is 72.8 Å². The predicted octanol–water partition coefficient (Wildman–Crippen LogP) is 4.99. The van der Waals surface area contributed by atoms with E-state index in [4.69, 9.17) is 4.74 Å². The van der Waals surface area contributed by atoms with Crippen LogP contribution in [0.2, 0.25) is 0 Å². The molecule has 0 N–H and O–H groups in total. The van der Waals surface area contributed by atoms with Crippen LogP contribution < -0.4 is 21.0 Å². The molecule has 0 saturated heterocycles. The Kier molecular flexibility index (Phi) is 7.30. The smallest absolute Gasteiger partial charge is 0.344 e. The van der Waals surface area contributed by atoms with Crippen molar-refractivity contribution in [2.24, 2.45) is 0 Å². The lowest BCUT2D eigenvalue weighted by Crippen LogP contribution is -2.34. The van der Waals surface area contributed by atoms with Gasteiger partial charge >= 0.3 is 5.97 Å². The molecule has 0 radical (unpaired) electrons. The Morgan fingerprint density at radius 1 is 0.595 bits per heavy atom. The van der Waals surface area contributed by atoms with Crippen LogP contribution in [0.5, 0.6) is 0 Å². The molecule has 1 aliphatic carbocycles. The van der Waals surface area contributed by atoms with E-state index >= 15 is 0 Å². The molecular formula is C32H27O4P. The number of carbonyl (C=O) groups excluding carboxylic acids is 2. The summed E-state index contributed by atoms with van der Waals surface area (Å²) in [5.41, 5.74) is -0.163. The van der Waals surface area contributed by atoms with Crippen LogP contribution in [-0.2, 0) is 4.74 Å². The van der Waals surface area contributed by atoms with Crippen LogP contribution in [0.4, 0.5) is 0 Å². The molecule has 5 rings (SSSR count). The van der Waals surface area contributed by atoms with Crippen molar-refractivity contribution in [1.82, 2.24) is 0 Å². The number of carboxylic acids is 1. The lowest BCUT2D eigenvalue weighted by molar-refractivity contribution is -0.255. The number of hydrogen-bond donors (Lipinski definition) is 0. The molecular weight excluding hydrogens is 479 g/mol. The number of ether oxygens (including phenoxy) is 1. The highest BCUT2D eigenvalue weighted by Gasteiger charge is 2.51. The van der Waals surface area contributed by atoms with Crippen LogP contribution in [-0.4, -0.2) is 11.9 Å². The first-order valence-electron chi connectivity index (χ1n) is 12.4. The zero-order valence-corrected chi connectivity index (χ0v) is 21.3. The highest BCUT2D eigenvalue weighted by Crippen LogP contribution is 2.66. The fourth-order valence-corrected chi connectivity index (χ4v) is 9.91. The Balaban J connectivity index is 1.76. The molecule has 0 saturated carbocycles. The second-order valence-electron chi connectivity index (χ2n) is 8.98. The lowest BCUT2D eigenvalue weighted by Gasteiger charge is -2.32. The number of esters is 1. The van der Waals surface area contributed by atoms with Crippen molar-refractivity contribution in [3.63, 3.8) is 0 Å². The third kappa shape index (κ3) is 4.73. The number of hydrogen-bond acceptors (Lipinski definition) is 4. The molecule has 0 atom stereocenters. The van der Waals surface area contributed by atoms with Crippen molar-refractivity contribution in [3.8, 4) is 0 Å². The number of aromatic carboxylic acids is 1. The maximum absolute atomic E-state index is 13.4. The van der Waals surface area contributed by atoms with Crippen LogP contribution in [0.15, 0.2) is 126 Å². The number of allylic oxidation sites excluding steroid dienone is 2. The molecule has 5 heteroatoms. The predicted molar refractivity (Wildman–Crippen MR) is 147 cm³/mol. The van der Waals surface area contributed by atoms with Gasteiger partial charge in [-0.2, -0.15) is 0 Å². The van der Waals surface area contributed by atoms with E-state index < -0.39 is 19.2 Å². The Morgan fingerprint density at radius 3 is 1.51 bits per heavy atom. The van der Waals surface area contributed by atoms with Crippen molar-refractivity contribution in [2.45, 2.75) is 25.7 Å². The highest BCUT2D eigenvalue weighted by molar-refractivity contribution is 7.99. The molecule has 0 unspecified atom stereocenters. The van der Waals surface area contributed by atoms with E-state index in [1.54, 1.807) is 12.1 Å². The van der Waals surface area contributed by atoms with E-state index in [-0.39, 0.29) is 11.1 Å². The first-order chi connectivity index (χ1) is 18.1. The molecule has 37 heavy (non-hydrogen) atoms. The Labute approximate surface area is 217 Å². The summed E-state index contributed by atoms with van der Waals surface area (Å²) in [5.74, 6) is -1.42. The van der Waals surface area contributed by atoms with Gasteiger partial charge in [-0.1, -0.05) is 72.8 Å². The van der Waals surface area contributed by atoms with Gasteiger partial charge in [0.25, 0.3) is 0 Å². The zero-order valence-electron chi connectivity index (χ0n) is 20.4. The standard InChI is InChI=1S/C32H27O4P/c33-31(34)27-20-10-11-21-28(27)32(35)36-29-22-12-13-23-30(29)37(24-14-4-1-5-15-24,25-16-6-2-7-17-25)26-18-8-3-9-19-26/h1-11,14-21H,12-13,22-23H2. The van der Waals surface area contributed by atoms with Crippen LogP contribution in [0.25, 0.3) is 0 Å². The molecule has 0 amide bonds. The average Bonchev–Trinajstić information content (AvgIpc) is 2.96. The topological polar surface area (TPSA) is 66.4 Å². The summed E-state index contributed by atoms with van der Waals surface area (Å²) in [6.45, 7) is 0. The van der Waals surface area contributed by atoms with Gasteiger partial charge < -0.3 is 14.6 Å². The summed E-state index contributed by atoms with van der Waals surface area (Å²) in [4.78, 5) is 25.1. The lowest BCUT2D eigenvalue weighted by atomic mass is 10.1. The normalized spacial score (nSPS) is 13.7. The van der Waals surface area contributed by atoms with Crippen molar-refractivity contribution < 1.29 is 19.4 Å². The maximum atomic E-state index is 13.4. The van der Waals surface area contributed by atoms with Crippen molar-refractivity contribution in [2.75, 3.05) is 0 Å². The van der Waals surface area contributed by atoms with Gasteiger partial charge in [-0.25, -0.2) is 4.79 Å². The molecule has 4 aromatic carbocycles. The Morgan fingerprint density at radius 2 is 1.03 bits per heavy atom. The van der Waals surface area contributed by atoms with Gasteiger partial charge in [0, 0.05) is 18.4 Å². The SMILES string of the molecule is O=C([O-])c1ccccc1C(=O)OC1=C([P+](c2ccccc2)(c2ccccc2)c2ccccc2)CCCC1. The molecule has 0 aliphatic heterocycles. The van der Waals surface area contributed by atoms with Crippen LogP contribution in [0.3, 0.4) is 0 Å². The van der Waals surface area contributed by atoms with Gasteiger partial charge in [-0.05, 0) is 55.3 Å². The van der Waals surface area contributed by atoms with Crippen LogP contribution in [0.1, 0.15) is 46.4 Å². The minimum Gasteiger partial charge on any atom is -0.545 e. The van der Waals surface area contributed by atoms with Crippen molar-refractivity contribution in [1.29, 1.82) is 0 Å². The molecule has 0 heterocycles. The molecule has 0 aromatic heterocycles. The van der Waals surface area contributed by atoms with Crippen molar-refractivity contribution >= 4 is 35.1 Å². The molecule has 4 aromatic rings. The van der Waals surface area contributed by atoms with Gasteiger partial charge in [0.1, 0.15) is 34.2 Å². The fourth-order valence-electron chi connectivity index (χ4n) is 5.20. The average molecular weight is 507 g/mol. The van der Waals surface area contributed by atoms with E-state index in [9.17, 15) is 14.7 Å². The molecule has 0 fully saturated rings. The molecule has 184 valence electrons. The first-order valence-corrected chi connectivity index (χ1v) is 14.2. The maximum Gasteiger partial charge on any atom is 0.344 e. The second kappa shape index (κ2) is 10.9. The van der Waals surface area contributed by atoms with Gasteiger partial charge in [-0.3, -0.25) is 0 Å². The minimum atomic E-state index is -2.39. The summed E-state index contributed by atoms with van der Waals surface area (Å²) in [7, 11) is -2.39. The van der Waals surface area contributed by atoms with Gasteiger partial charge in [0.05, 0.1) is 11.5 Å². The Hall–Kier alpha value is -4.01. The molecule has 1 aliphatic rings. The summed E-state index contributed by atoms with van der Waals surface area (Å²) in [5, 5.41) is 16.4. The first kappa shape index (κ1) is 24.7. The second-order valence-corrected chi connectivity index (χ2v) is 12.4. The zero-order chi connectivity index (χ0) is 25.7. The quantitative estimate of drug-likeness (QED) is 0.262. The largest absolute Gasteiger partial charge is 0.545 e. The Bertz CT molecular complexity index is 1330. The van der Waals surface area contributed by atoms with Crippen molar-refractivity contribution in [3.05, 3.63) is 137 Å². The summed E-state index contributed by atoms with van der Waals surface area (Å²) in [6.07, 6.45) is 3.28. The molecule has 4 nitrogen and oxygen atoms in total. The monoisotopic (exact) mass is 506 g/mol. The summed E-state index contributed by atoms with van der Waals surface area (Å²) < 4.78 is 6.13. The van der Waals surface area contributed by atoms with E-state index in [1.165, 1.54) is 28.0 Å². The highest BCUT2D eigenvalue weighted by atomic mass is 31.2. The van der Waals surface area contributed by atoms with Gasteiger partial charge in [0.2, 0.25) is 0 Å². The summed E-state index contributed by atoms with van der Waals surface area (Å²) >= 11 is 0.